The molecule has 0 unspecified atom stereocenters. The molecular formula is C16H23FN2O3. The van der Waals surface area contributed by atoms with Gasteiger partial charge in [0.1, 0.15) is 0 Å². The molecule has 122 valence electrons. The topological polar surface area (TPSA) is 58.6 Å². The average Bonchev–Trinajstić information content (AvgIpc) is 3.07. The molecule has 2 amide bonds. The summed E-state index contributed by atoms with van der Waals surface area (Å²) < 4.78 is 20.0. The second-order valence-corrected chi connectivity index (χ2v) is 7.36. The smallest absolute Gasteiger partial charge is 0.260 e. The van der Waals surface area contributed by atoms with E-state index < -0.39 is 11.6 Å². The molecule has 6 heteroatoms. The zero-order valence-electron chi connectivity index (χ0n) is 12.7. The van der Waals surface area contributed by atoms with Crippen LogP contribution in [0.1, 0.15) is 32.1 Å². The minimum Gasteiger partial charge on any atom is -0.375 e. The van der Waals surface area contributed by atoms with E-state index in [-0.39, 0.29) is 23.8 Å². The van der Waals surface area contributed by atoms with E-state index in [1.54, 1.807) is 4.90 Å². The summed E-state index contributed by atoms with van der Waals surface area (Å²) in [6.07, 6.45) is 3.76. The molecule has 22 heavy (non-hydrogen) atoms. The minimum atomic E-state index is -1.65. The molecule has 4 aliphatic rings. The molecule has 0 aromatic carbocycles. The Balaban J connectivity index is 1.36. The highest BCUT2D eigenvalue weighted by Crippen LogP contribution is 2.41. The van der Waals surface area contributed by atoms with Crippen molar-refractivity contribution in [2.75, 3.05) is 26.2 Å². The van der Waals surface area contributed by atoms with Crippen molar-refractivity contribution in [3.05, 3.63) is 0 Å². The van der Waals surface area contributed by atoms with Gasteiger partial charge in [0.25, 0.3) is 5.91 Å². The predicted octanol–water partition coefficient (Wildman–Crippen LogP) is 0.878. The van der Waals surface area contributed by atoms with Crippen LogP contribution < -0.4 is 5.32 Å². The number of hydrogen-bond acceptors (Lipinski definition) is 3. The minimum absolute atomic E-state index is 0.0202. The van der Waals surface area contributed by atoms with Crippen molar-refractivity contribution in [2.45, 2.75) is 43.9 Å². The van der Waals surface area contributed by atoms with E-state index in [1.165, 1.54) is 12.8 Å². The van der Waals surface area contributed by atoms with Gasteiger partial charge in [-0.15, -0.1) is 0 Å². The van der Waals surface area contributed by atoms with Crippen molar-refractivity contribution < 1.29 is 18.7 Å². The Labute approximate surface area is 129 Å². The third-order valence-electron chi connectivity index (χ3n) is 5.73. The van der Waals surface area contributed by atoms with E-state index in [0.717, 1.165) is 13.0 Å². The van der Waals surface area contributed by atoms with Gasteiger partial charge in [0.15, 0.2) is 5.67 Å². The number of fused-ring (bicyclic) bond motifs is 1. The molecule has 5 nitrogen and oxygen atoms in total. The Hall–Kier alpha value is -1.17. The highest BCUT2D eigenvalue weighted by Gasteiger charge is 2.53. The van der Waals surface area contributed by atoms with Gasteiger partial charge in [0.2, 0.25) is 5.91 Å². The van der Waals surface area contributed by atoms with Crippen molar-refractivity contribution in [3.63, 3.8) is 0 Å². The maximum absolute atomic E-state index is 14.3. The zero-order valence-corrected chi connectivity index (χ0v) is 12.7. The van der Waals surface area contributed by atoms with Crippen LogP contribution in [0.15, 0.2) is 0 Å². The van der Waals surface area contributed by atoms with Crippen LogP contribution in [0.25, 0.3) is 0 Å². The van der Waals surface area contributed by atoms with Crippen molar-refractivity contribution >= 4 is 11.8 Å². The van der Waals surface area contributed by atoms with Crippen LogP contribution >= 0.6 is 0 Å². The van der Waals surface area contributed by atoms with E-state index in [0.29, 0.717) is 38.5 Å². The van der Waals surface area contributed by atoms with Gasteiger partial charge < -0.3 is 15.0 Å². The van der Waals surface area contributed by atoms with Gasteiger partial charge in [-0.1, -0.05) is 0 Å². The molecule has 4 fully saturated rings. The first kappa shape index (κ1) is 14.4. The summed E-state index contributed by atoms with van der Waals surface area (Å²) in [6, 6.07) is 0. The first-order valence-corrected chi connectivity index (χ1v) is 8.44. The molecule has 2 saturated carbocycles. The molecule has 0 radical (unpaired) electrons. The number of carbonyl (C=O) groups is 2. The fraction of sp³-hybridized carbons (Fsp3) is 0.875. The second-order valence-electron chi connectivity index (χ2n) is 7.36. The van der Waals surface area contributed by atoms with E-state index in [2.05, 4.69) is 5.32 Å². The predicted molar refractivity (Wildman–Crippen MR) is 76.7 cm³/mol. The number of amides is 2. The number of carbonyl (C=O) groups excluding carboxylic acids is 2. The summed E-state index contributed by atoms with van der Waals surface area (Å²) in [5, 5.41) is 3.00. The Morgan fingerprint density at radius 2 is 2.05 bits per heavy atom. The zero-order chi connectivity index (χ0) is 15.3. The molecule has 2 aliphatic carbocycles. The second kappa shape index (κ2) is 5.18. The van der Waals surface area contributed by atoms with Crippen molar-refractivity contribution in [2.24, 2.45) is 17.8 Å². The summed E-state index contributed by atoms with van der Waals surface area (Å²) in [7, 11) is 0. The summed E-state index contributed by atoms with van der Waals surface area (Å²) in [6.45, 7) is 2.07. The maximum Gasteiger partial charge on any atom is 0.260 e. The quantitative estimate of drug-likeness (QED) is 0.838. The summed E-state index contributed by atoms with van der Waals surface area (Å²) in [5.41, 5.74) is -1.65. The molecule has 0 bridgehead atoms. The highest BCUT2D eigenvalue weighted by molar-refractivity contribution is 5.87. The third kappa shape index (κ3) is 2.41. The number of alkyl halides is 1. The number of rotatable bonds is 4. The normalized spacial score (nSPS) is 35.9. The van der Waals surface area contributed by atoms with Crippen LogP contribution in [-0.2, 0) is 14.3 Å². The van der Waals surface area contributed by atoms with Gasteiger partial charge in [0, 0.05) is 25.6 Å². The van der Waals surface area contributed by atoms with Crippen LogP contribution in [0.2, 0.25) is 0 Å². The molecule has 2 aliphatic heterocycles. The van der Waals surface area contributed by atoms with Crippen LogP contribution in [0.3, 0.4) is 0 Å². The van der Waals surface area contributed by atoms with E-state index in [4.69, 9.17) is 4.74 Å². The third-order valence-corrected chi connectivity index (χ3v) is 5.73. The molecule has 0 spiro atoms. The van der Waals surface area contributed by atoms with E-state index in [9.17, 15) is 14.0 Å². The number of likely N-dealkylation sites (tertiary alicyclic amines) is 1. The van der Waals surface area contributed by atoms with Gasteiger partial charge in [-0.3, -0.25) is 9.59 Å². The van der Waals surface area contributed by atoms with E-state index in [1.807, 2.05) is 0 Å². The number of nitrogens with one attached hydrogen (secondary N) is 1. The lowest BCUT2D eigenvalue weighted by Gasteiger charge is -2.35. The molecule has 0 aromatic heterocycles. The lowest BCUT2D eigenvalue weighted by Crippen LogP contribution is -2.50. The Morgan fingerprint density at radius 3 is 2.68 bits per heavy atom. The van der Waals surface area contributed by atoms with Crippen LogP contribution in [-0.4, -0.2) is 54.7 Å². The highest BCUT2D eigenvalue weighted by atomic mass is 19.1. The first-order valence-electron chi connectivity index (χ1n) is 8.44. The van der Waals surface area contributed by atoms with Crippen molar-refractivity contribution in [3.8, 4) is 0 Å². The lowest BCUT2D eigenvalue weighted by atomic mass is 9.81. The molecule has 2 heterocycles. The van der Waals surface area contributed by atoms with Gasteiger partial charge >= 0.3 is 0 Å². The van der Waals surface area contributed by atoms with Gasteiger partial charge in [-0.25, -0.2) is 4.39 Å². The number of nitrogens with zero attached hydrogens (tertiary/aromatic N) is 1. The molecule has 4 rings (SSSR count). The summed E-state index contributed by atoms with van der Waals surface area (Å²) >= 11 is 0. The molecule has 3 atom stereocenters. The van der Waals surface area contributed by atoms with Crippen LogP contribution in [0.5, 0.6) is 0 Å². The molecule has 1 N–H and O–H groups in total. The number of hydrogen-bond donors (Lipinski definition) is 1. The largest absolute Gasteiger partial charge is 0.375 e. The standard InChI is InChI=1S/C16H23FN2O3/c17-16(4-1-5-16)15(21)19-7-11-12(9-22-13(11)8-19)14(20)18-6-10-2-3-10/h10-13H,1-9H2,(H,18,20)/t11-,12+,13-/m1/s1. The first-order chi connectivity index (χ1) is 10.6. The number of ether oxygens (including phenoxy) is 1. The fourth-order valence-electron chi connectivity index (χ4n) is 3.83. The molecule has 2 saturated heterocycles. The van der Waals surface area contributed by atoms with E-state index >= 15 is 0 Å². The lowest BCUT2D eigenvalue weighted by molar-refractivity contribution is -0.149. The Kier molecular flexibility index (Phi) is 3.40. The summed E-state index contributed by atoms with van der Waals surface area (Å²) in [5.74, 6) is 0.111. The van der Waals surface area contributed by atoms with Gasteiger partial charge in [0.05, 0.1) is 18.6 Å². The van der Waals surface area contributed by atoms with Crippen LogP contribution in [0.4, 0.5) is 4.39 Å². The summed E-state index contributed by atoms with van der Waals surface area (Å²) in [4.78, 5) is 26.1. The number of halogens is 1. The van der Waals surface area contributed by atoms with Gasteiger partial charge in [-0.2, -0.15) is 0 Å². The Morgan fingerprint density at radius 1 is 1.27 bits per heavy atom. The molecular weight excluding hydrogens is 287 g/mol. The monoisotopic (exact) mass is 310 g/mol. The van der Waals surface area contributed by atoms with Crippen molar-refractivity contribution in [1.82, 2.24) is 10.2 Å². The maximum atomic E-state index is 14.3. The SMILES string of the molecule is O=C(NCC1CC1)[C@H]1CO[C@@H]2CN(C(=O)C3(F)CCC3)C[C@H]12. The van der Waals surface area contributed by atoms with Crippen molar-refractivity contribution in [1.29, 1.82) is 0 Å². The average molecular weight is 310 g/mol. The van der Waals surface area contributed by atoms with Crippen LogP contribution in [0, 0.1) is 17.8 Å². The fourth-order valence-corrected chi connectivity index (χ4v) is 3.83. The Bertz CT molecular complexity index is 490. The van der Waals surface area contributed by atoms with Gasteiger partial charge in [-0.05, 0) is 38.0 Å². The molecule has 0 aromatic rings.